The maximum absolute atomic E-state index is 11.9. The van der Waals surface area contributed by atoms with Gasteiger partial charge in [0, 0.05) is 65.4 Å². The highest BCUT2D eigenvalue weighted by molar-refractivity contribution is 5.81. The minimum atomic E-state index is -0.250. The number of esters is 1. The molecule has 0 rings (SSSR count). The van der Waals surface area contributed by atoms with Crippen LogP contribution in [0, 0.1) is 47.3 Å². The van der Waals surface area contributed by atoms with E-state index >= 15 is 0 Å². The summed E-state index contributed by atoms with van der Waals surface area (Å²) in [6.45, 7) is 39.9. The van der Waals surface area contributed by atoms with E-state index in [-0.39, 0.29) is 36.0 Å². The Hall–Kier alpha value is -2.54. The number of unbranched alkanes of at least 4 members (excludes halogenated alkanes) is 24. The molecule has 556 valence electrons. The lowest BCUT2D eigenvalue weighted by atomic mass is 9.76. The van der Waals surface area contributed by atoms with Crippen molar-refractivity contribution in [2.45, 2.75) is 394 Å². The van der Waals surface area contributed by atoms with E-state index in [1.807, 2.05) is 13.8 Å². The highest BCUT2D eigenvalue weighted by atomic mass is 16.6. The van der Waals surface area contributed by atoms with Crippen molar-refractivity contribution in [2.24, 2.45) is 47.3 Å². The van der Waals surface area contributed by atoms with Crippen LogP contribution in [0.3, 0.4) is 0 Å². The fraction of sp³-hybridized carbons (Fsp3) is 0.925. The zero-order chi connectivity index (χ0) is 71.5. The molecule has 8 unspecified atom stereocenters. The highest BCUT2D eigenvalue weighted by Crippen LogP contribution is 2.33. The van der Waals surface area contributed by atoms with E-state index < -0.39 is 0 Å². The number of rotatable bonds is 57. The van der Waals surface area contributed by atoms with Crippen molar-refractivity contribution in [3.63, 3.8) is 0 Å². The molecule has 0 radical (unpaired) electrons. The summed E-state index contributed by atoms with van der Waals surface area (Å²) in [5.74, 6) is 4.98. The van der Waals surface area contributed by atoms with Gasteiger partial charge in [-0.3, -0.25) is 14.4 Å². The Kier molecular flexibility index (Phi) is 109. The van der Waals surface area contributed by atoms with Gasteiger partial charge in [0.05, 0.1) is 13.2 Å². The molecule has 12 heteroatoms. The van der Waals surface area contributed by atoms with Crippen LogP contribution in [0.1, 0.15) is 394 Å². The van der Waals surface area contributed by atoms with Crippen molar-refractivity contribution in [1.82, 2.24) is 5.48 Å². The van der Waals surface area contributed by atoms with Crippen LogP contribution in [-0.4, -0.2) is 87.4 Å². The summed E-state index contributed by atoms with van der Waals surface area (Å²) < 4.78 is 10.3. The summed E-state index contributed by atoms with van der Waals surface area (Å²) in [5.41, 5.74) is 2.95. The molecule has 0 bridgehead atoms. The van der Waals surface area contributed by atoms with E-state index in [1.54, 1.807) is 14.0 Å². The Morgan fingerprint density at radius 2 is 0.902 bits per heavy atom. The van der Waals surface area contributed by atoms with Gasteiger partial charge in [0.25, 0.3) is 6.47 Å². The van der Waals surface area contributed by atoms with Crippen molar-refractivity contribution in [3.05, 3.63) is 0 Å². The van der Waals surface area contributed by atoms with Crippen molar-refractivity contribution in [3.8, 4) is 0 Å². The largest absolute Gasteiger partial charge is 0.483 e. The summed E-state index contributed by atoms with van der Waals surface area (Å²) in [6, 6.07) is 0. The maximum Gasteiger partial charge on any atom is 0.305 e. The predicted molar refractivity (Wildman–Crippen MR) is 399 cm³/mol. The number of hydroxylamine groups is 1. The summed E-state index contributed by atoms with van der Waals surface area (Å²) in [7, 11) is 2.77. The van der Waals surface area contributed by atoms with Gasteiger partial charge < -0.3 is 38.9 Å². The quantitative estimate of drug-likeness (QED) is 0.0227. The molecule has 3 N–H and O–H groups in total. The third kappa shape index (κ3) is 96.2. The fourth-order valence-corrected chi connectivity index (χ4v) is 10.6. The first kappa shape index (κ1) is 105. The van der Waals surface area contributed by atoms with Gasteiger partial charge in [0.1, 0.15) is 24.1 Å². The normalized spacial score (nSPS) is 13.0. The number of aldehydes is 2. The third-order valence-electron chi connectivity index (χ3n) is 17.2. The van der Waals surface area contributed by atoms with Crippen LogP contribution in [0.25, 0.3) is 0 Å². The lowest BCUT2D eigenvalue weighted by Gasteiger charge is -2.30. The van der Waals surface area contributed by atoms with Crippen molar-refractivity contribution < 1.29 is 53.3 Å². The second kappa shape index (κ2) is 94.9. The number of carboxylic acid groups (broad SMARTS) is 1. The van der Waals surface area contributed by atoms with E-state index in [2.05, 4.69) is 102 Å². The van der Waals surface area contributed by atoms with Gasteiger partial charge in [0.2, 0.25) is 0 Å². The molecule has 0 spiro atoms. The molecule has 8 atom stereocenters. The minimum absolute atomic E-state index is 0.00365. The van der Waals surface area contributed by atoms with Crippen molar-refractivity contribution in [1.29, 1.82) is 0 Å². The molecule has 0 aromatic carbocycles. The molecular weight excluding hydrogens is 1150 g/mol. The summed E-state index contributed by atoms with van der Waals surface area (Å²) in [4.78, 5) is 69.3. The Balaban J connectivity index is -0.000000159. The molecule has 0 aliphatic heterocycles. The number of aliphatic hydroxyl groups excluding tert-OH is 1. The standard InChI is InChI=1S/C20H42.C18H35NO3.C18H34O3.C10H20O.C9H20O.C3H8.CH2O2.CH4O/c1-7-10-12-13-14-17(4)16-18(5)19(6)20(9-3)15-11-8-2;1-4-6-7-8-9-10-12-19-22-15-17(11-13-20)14-18(21)16(3)5-2;1-4-6-7-8-9-10-11-18(20)21-15-17(12-13-19)14-16(3)5-2;1-3-4-5-6-7-8-9-10(2)11;1-3-4-5-6-7-8-9-10-2;1-3-2;2-1-3;1-2/h17-20H,7-16H2,1-6H3;13,16-17,19H,4-12,14-15H2,1-3H3;13,16-17H,4-12,14-15H2,1-3H3;3-9H2,1-2H3;3-9H2,1-2H3;3H2,1-2H3;1H,(H,2,3);2H,1H3. The van der Waals surface area contributed by atoms with E-state index in [1.165, 1.54) is 199 Å². The van der Waals surface area contributed by atoms with Crippen LogP contribution in [-0.2, 0) is 43.1 Å². The zero-order valence-electron chi connectivity index (χ0n) is 65.2. The van der Waals surface area contributed by atoms with Crippen LogP contribution >= 0.6 is 0 Å². The highest BCUT2D eigenvalue weighted by Gasteiger charge is 2.23. The van der Waals surface area contributed by atoms with Crippen LogP contribution in [0.2, 0.25) is 0 Å². The first-order valence-electron chi connectivity index (χ1n) is 38.8. The number of aliphatic hydroxyl groups is 1. The second-order valence-corrected chi connectivity index (χ2v) is 26.6. The molecule has 0 aromatic heterocycles. The molecule has 0 aliphatic rings. The van der Waals surface area contributed by atoms with Crippen LogP contribution < -0.4 is 5.48 Å². The summed E-state index contributed by atoms with van der Waals surface area (Å²) >= 11 is 0. The van der Waals surface area contributed by atoms with Gasteiger partial charge in [-0.2, -0.15) is 0 Å². The number of hydrogen-bond donors (Lipinski definition) is 3. The Morgan fingerprint density at radius 1 is 0.478 bits per heavy atom. The fourth-order valence-electron chi connectivity index (χ4n) is 10.6. The SMILES string of the molecule is CCC.CCCCCCC(C)CC(C)C(C)C(CC)CCCC.CCCCCCCCC(=O)OCC(CC=O)CC(C)CC.CCCCCCCCC(C)=O.CCCCCCCCNOCC(CC=O)CC(=O)C(C)CC.CCCCCCCCOC.CO.O=CO. The van der Waals surface area contributed by atoms with Gasteiger partial charge in [-0.15, -0.1) is 0 Å². The predicted octanol–water partition coefficient (Wildman–Crippen LogP) is 23.5. The third-order valence-corrected chi connectivity index (χ3v) is 17.2. The second-order valence-electron chi connectivity index (χ2n) is 26.6. The van der Waals surface area contributed by atoms with Gasteiger partial charge in [-0.25, -0.2) is 5.48 Å². The molecular formula is C80H165NO11. The van der Waals surface area contributed by atoms with Gasteiger partial charge >= 0.3 is 5.97 Å². The number of ketones is 2. The molecule has 12 nitrogen and oxygen atoms in total. The lowest BCUT2D eigenvalue weighted by Crippen LogP contribution is -2.24. The number of carbonyl (C=O) groups excluding carboxylic acids is 5. The molecule has 0 fully saturated rings. The first-order valence-corrected chi connectivity index (χ1v) is 38.8. The van der Waals surface area contributed by atoms with Crippen molar-refractivity contribution >= 4 is 36.6 Å². The number of nitrogens with one attached hydrogen (secondary N) is 1. The van der Waals surface area contributed by atoms with E-state index in [9.17, 15) is 24.0 Å². The lowest BCUT2D eigenvalue weighted by molar-refractivity contribution is -0.145. The van der Waals surface area contributed by atoms with Crippen LogP contribution in [0.15, 0.2) is 0 Å². The van der Waals surface area contributed by atoms with Gasteiger partial charge in [0.15, 0.2) is 0 Å². The summed E-state index contributed by atoms with van der Waals surface area (Å²) in [6.07, 6.45) is 53.0. The number of methoxy groups -OCH3 is 1. The molecule has 0 saturated carbocycles. The molecule has 0 aliphatic carbocycles. The number of ether oxygens (including phenoxy) is 2. The Morgan fingerprint density at radius 3 is 1.33 bits per heavy atom. The monoisotopic (exact) mass is 1320 g/mol. The first-order chi connectivity index (χ1) is 44.4. The van der Waals surface area contributed by atoms with Crippen LogP contribution in [0.5, 0.6) is 0 Å². The molecule has 0 heterocycles. The van der Waals surface area contributed by atoms with Crippen molar-refractivity contribution in [2.75, 3.05) is 40.6 Å². The average molecular weight is 1320 g/mol. The molecule has 0 saturated heterocycles. The number of carbonyl (C=O) groups is 6. The zero-order valence-corrected chi connectivity index (χ0v) is 65.2. The number of Topliss-reactive ketones (excluding diaryl/α,β-unsaturated/α-hetero) is 2. The Bertz CT molecular complexity index is 1390. The van der Waals surface area contributed by atoms with Gasteiger partial charge in [-0.1, -0.05) is 310 Å². The number of hydrogen-bond acceptors (Lipinski definition) is 11. The van der Waals surface area contributed by atoms with E-state index in [0.717, 1.165) is 108 Å². The Labute approximate surface area is 574 Å². The average Bonchev–Trinajstić information content (AvgIpc) is 2.73. The van der Waals surface area contributed by atoms with E-state index in [0.29, 0.717) is 50.6 Å². The summed E-state index contributed by atoms with van der Waals surface area (Å²) in [5, 5.41) is 13.9. The minimum Gasteiger partial charge on any atom is -0.483 e. The van der Waals surface area contributed by atoms with Crippen LogP contribution in [0.4, 0.5) is 0 Å². The topological polar surface area (TPSA) is 183 Å². The van der Waals surface area contributed by atoms with E-state index in [4.69, 9.17) is 29.3 Å². The van der Waals surface area contributed by atoms with Gasteiger partial charge in [-0.05, 0) is 93.3 Å². The maximum atomic E-state index is 11.9. The molecule has 92 heavy (non-hydrogen) atoms. The molecule has 0 amide bonds. The molecule has 0 aromatic rings. The smallest absolute Gasteiger partial charge is 0.305 e.